The molecule has 23 heavy (non-hydrogen) atoms. The Morgan fingerprint density at radius 1 is 1.35 bits per heavy atom. The maximum absolute atomic E-state index is 12.3. The lowest BCUT2D eigenvalue weighted by atomic mass is 9.80. The monoisotopic (exact) mass is 316 g/mol. The van der Waals surface area contributed by atoms with E-state index in [9.17, 15) is 4.79 Å². The summed E-state index contributed by atoms with van der Waals surface area (Å²) >= 11 is 0. The van der Waals surface area contributed by atoms with Crippen LogP contribution in [-0.2, 0) is 21.0 Å². The molecule has 1 fully saturated rings. The number of esters is 1. The van der Waals surface area contributed by atoms with Gasteiger partial charge in [-0.15, -0.1) is 0 Å². The molecule has 1 aromatic carbocycles. The molecule has 0 radical (unpaired) electrons. The van der Waals surface area contributed by atoms with Gasteiger partial charge >= 0.3 is 5.97 Å². The summed E-state index contributed by atoms with van der Waals surface area (Å²) in [6.45, 7) is 2.23. The number of carbonyl (C=O) groups is 1. The van der Waals surface area contributed by atoms with E-state index < -0.39 is 11.5 Å². The van der Waals surface area contributed by atoms with Crippen LogP contribution in [0.25, 0.3) is 10.4 Å². The quantitative estimate of drug-likeness (QED) is 0.263. The van der Waals surface area contributed by atoms with Crippen molar-refractivity contribution in [3.63, 3.8) is 0 Å². The molecule has 0 heterocycles. The Hall–Kier alpha value is -2.53. The van der Waals surface area contributed by atoms with Crippen LogP contribution >= 0.6 is 0 Å². The Morgan fingerprint density at radius 2 is 2.13 bits per heavy atom. The average molecular weight is 316 g/mol. The molecule has 1 saturated carbocycles. The summed E-state index contributed by atoms with van der Waals surface area (Å²) in [5.41, 5.74) is 8.91. The minimum atomic E-state index is -1.38. The number of rotatable bonds is 6. The van der Waals surface area contributed by atoms with Crippen molar-refractivity contribution in [2.24, 2.45) is 10.3 Å². The van der Waals surface area contributed by atoms with E-state index in [1.54, 1.807) is 6.92 Å². The zero-order valence-electron chi connectivity index (χ0n) is 13.1. The molecule has 7 heteroatoms. The Balaban J connectivity index is 2.19. The average Bonchev–Trinajstić information content (AvgIpc) is 2.58. The predicted octanol–water partition coefficient (Wildman–Crippen LogP) is 3.75. The molecule has 0 amide bonds. The molecule has 0 bridgehead atoms. The zero-order valence-corrected chi connectivity index (χ0v) is 13.1. The largest absolute Gasteiger partial charge is 0.465 e. The highest BCUT2D eigenvalue weighted by atomic mass is 16.6. The molecule has 1 aliphatic rings. The fourth-order valence-corrected chi connectivity index (χ4v) is 2.60. The topological polar surface area (TPSA) is 96.7 Å². The molecule has 122 valence electrons. The van der Waals surface area contributed by atoms with Gasteiger partial charge in [-0.05, 0) is 37.3 Å². The summed E-state index contributed by atoms with van der Waals surface area (Å²) in [6, 6.07) is 9.59. The van der Waals surface area contributed by atoms with E-state index >= 15 is 0 Å². The zero-order chi connectivity index (χ0) is 16.5. The first-order chi connectivity index (χ1) is 11.2. The van der Waals surface area contributed by atoms with Gasteiger partial charge in [0.2, 0.25) is 0 Å². The van der Waals surface area contributed by atoms with Crippen molar-refractivity contribution < 1.29 is 14.4 Å². The summed E-state index contributed by atoms with van der Waals surface area (Å²) in [7, 11) is 0. The lowest BCUT2D eigenvalue weighted by Crippen LogP contribution is -2.48. The Kier molecular flexibility index (Phi) is 6.00. The highest BCUT2D eigenvalue weighted by Gasteiger charge is 2.46. The van der Waals surface area contributed by atoms with E-state index in [-0.39, 0.29) is 6.61 Å². The van der Waals surface area contributed by atoms with Crippen LogP contribution in [0.5, 0.6) is 0 Å². The van der Waals surface area contributed by atoms with Crippen molar-refractivity contribution in [1.82, 2.24) is 0 Å². The first-order valence-corrected chi connectivity index (χ1v) is 7.69. The second-order valence-electron chi connectivity index (χ2n) is 5.27. The summed E-state index contributed by atoms with van der Waals surface area (Å²) in [5, 5.41) is 7.84. The molecule has 7 nitrogen and oxygen atoms in total. The summed E-state index contributed by atoms with van der Waals surface area (Å²) in [6.07, 6.45) is 2.58. The molecule has 0 spiro atoms. The third kappa shape index (κ3) is 4.02. The lowest BCUT2D eigenvalue weighted by molar-refractivity contribution is -0.147. The number of carbonyl (C=O) groups excluding carboxylic acids is 1. The lowest BCUT2D eigenvalue weighted by Gasteiger charge is -2.31. The maximum atomic E-state index is 12.3. The van der Waals surface area contributed by atoms with Crippen molar-refractivity contribution in [2.45, 2.75) is 44.8 Å². The van der Waals surface area contributed by atoms with Gasteiger partial charge in [0.15, 0.2) is 5.54 Å². The van der Waals surface area contributed by atoms with Crippen LogP contribution in [0, 0.1) is 0 Å². The number of ether oxygens (including phenoxy) is 1. The molecule has 0 saturated heterocycles. The molecule has 1 aliphatic carbocycles. The minimum absolute atomic E-state index is 0.222. The molecular weight excluding hydrogens is 296 g/mol. The second-order valence-corrected chi connectivity index (χ2v) is 5.27. The van der Waals surface area contributed by atoms with Gasteiger partial charge in [-0.3, -0.25) is 4.79 Å². The van der Waals surface area contributed by atoms with Crippen molar-refractivity contribution >= 4 is 11.7 Å². The van der Waals surface area contributed by atoms with Crippen LogP contribution in [-0.4, -0.2) is 23.8 Å². The van der Waals surface area contributed by atoms with Crippen LogP contribution in [0.15, 0.2) is 40.6 Å². The van der Waals surface area contributed by atoms with Crippen molar-refractivity contribution in [3.05, 3.63) is 46.3 Å². The SMILES string of the molecule is CCOC(=O)C1(N=[N+]=[N-])CCCC/C1=N\OCc1ccccc1. The highest BCUT2D eigenvalue weighted by Crippen LogP contribution is 2.31. The first-order valence-electron chi connectivity index (χ1n) is 7.69. The first kappa shape index (κ1) is 16.8. The second kappa shape index (κ2) is 8.19. The fourth-order valence-electron chi connectivity index (χ4n) is 2.60. The third-order valence-electron chi connectivity index (χ3n) is 3.76. The van der Waals surface area contributed by atoms with E-state index in [1.165, 1.54) is 0 Å². The molecule has 0 aliphatic heterocycles. The number of nitrogens with zero attached hydrogens (tertiary/aromatic N) is 4. The smallest absolute Gasteiger partial charge is 0.323 e. The molecule has 2 rings (SSSR count). The normalized spacial score (nSPS) is 22.2. The molecular formula is C16H20N4O3. The van der Waals surface area contributed by atoms with Crippen LogP contribution in [0.3, 0.4) is 0 Å². The molecule has 1 unspecified atom stereocenters. The molecule has 1 aromatic rings. The third-order valence-corrected chi connectivity index (χ3v) is 3.76. The van der Waals surface area contributed by atoms with E-state index in [0.29, 0.717) is 25.2 Å². The Bertz CT molecular complexity index is 611. The van der Waals surface area contributed by atoms with Crippen LogP contribution < -0.4 is 0 Å². The predicted molar refractivity (Wildman–Crippen MR) is 85.6 cm³/mol. The van der Waals surface area contributed by atoms with Gasteiger partial charge in [-0.25, -0.2) is 0 Å². The summed E-state index contributed by atoms with van der Waals surface area (Å²) in [4.78, 5) is 20.6. The van der Waals surface area contributed by atoms with Crippen LogP contribution in [0.4, 0.5) is 0 Å². The van der Waals surface area contributed by atoms with Crippen molar-refractivity contribution in [2.75, 3.05) is 6.61 Å². The number of hydrogen-bond acceptors (Lipinski definition) is 5. The molecule has 0 N–H and O–H groups in total. The standard InChI is InChI=1S/C16H20N4O3/c1-2-22-15(21)16(19-20-17)11-7-6-10-14(16)18-23-12-13-8-4-3-5-9-13/h3-5,8-9H,2,6-7,10-12H2,1H3/b18-14+. The van der Waals surface area contributed by atoms with Crippen molar-refractivity contribution in [1.29, 1.82) is 0 Å². The van der Waals surface area contributed by atoms with Crippen LogP contribution in [0.1, 0.15) is 38.2 Å². The van der Waals surface area contributed by atoms with E-state index in [2.05, 4.69) is 15.2 Å². The van der Waals surface area contributed by atoms with Gasteiger partial charge in [0.25, 0.3) is 0 Å². The van der Waals surface area contributed by atoms with Gasteiger partial charge in [0, 0.05) is 4.91 Å². The Morgan fingerprint density at radius 3 is 2.83 bits per heavy atom. The highest BCUT2D eigenvalue weighted by molar-refractivity contribution is 6.11. The van der Waals surface area contributed by atoms with Gasteiger partial charge in [-0.1, -0.05) is 47.0 Å². The number of hydrogen-bond donors (Lipinski definition) is 0. The number of oxime groups is 1. The maximum Gasteiger partial charge on any atom is 0.323 e. The van der Waals surface area contributed by atoms with E-state index in [1.807, 2.05) is 30.3 Å². The van der Waals surface area contributed by atoms with E-state index in [4.69, 9.17) is 15.1 Å². The van der Waals surface area contributed by atoms with Crippen molar-refractivity contribution in [3.8, 4) is 0 Å². The number of benzene rings is 1. The van der Waals surface area contributed by atoms with Gasteiger partial charge < -0.3 is 9.57 Å². The summed E-state index contributed by atoms with van der Waals surface area (Å²) < 4.78 is 5.09. The fraction of sp³-hybridized carbons (Fsp3) is 0.500. The van der Waals surface area contributed by atoms with Crippen LogP contribution in [0.2, 0.25) is 0 Å². The Labute approximate surface area is 134 Å². The number of azide groups is 1. The molecule has 1 atom stereocenters. The van der Waals surface area contributed by atoms with E-state index in [0.717, 1.165) is 18.4 Å². The van der Waals surface area contributed by atoms with Gasteiger partial charge in [-0.2, -0.15) is 0 Å². The minimum Gasteiger partial charge on any atom is -0.465 e. The van der Waals surface area contributed by atoms with Gasteiger partial charge in [0.05, 0.1) is 12.3 Å². The summed E-state index contributed by atoms with van der Waals surface area (Å²) in [5.74, 6) is -0.556. The van der Waals surface area contributed by atoms with Gasteiger partial charge in [0.1, 0.15) is 6.61 Å². The molecule has 0 aromatic heterocycles.